The van der Waals surface area contributed by atoms with E-state index >= 15 is 0 Å². The average Bonchev–Trinajstić information content (AvgIpc) is 2.98. The first-order valence-corrected chi connectivity index (χ1v) is 7.76. The minimum Gasteiger partial charge on any atom is -0.488 e. The molecule has 0 unspecified atom stereocenters. The first-order chi connectivity index (χ1) is 10.8. The molecule has 22 heavy (non-hydrogen) atoms. The molecule has 0 saturated carbocycles. The molecular formula is C17H20N2O3. The Morgan fingerprint density at radius 3 is 2.68 bits per heavy atom. The number of para-hydroxylation sites is 1. The van der Waals surface area contributed by atoms with Crippen LogP contribution in [-0.4, -0.2) is 29.1 Å². The maximum absolute atomic E-state index is 12.7. The van der Waals surface area contributed by atoms with E-state index in [2.05, 4.69) is 19.0 Å². The van der Waals surface area contributed by atoms with Gasteiger partial charge in [0.15, 0.2) is 11.5 Å². The van der Waals surface area contributed by atoms with Crippen LogP contribution < -0.4 is 4.74 Å². The van der Waals surface area contributed by atoms with E-state index < -0.39 is 0 Å². The minimum atomic E-state index is -0.0725. The zero-order valence-electron chi connectivity index (χ0n) is 13.0. The summed E-state index contributed by atoms with van der Waals surface area (Å²) >= 11 is 0. The molecule has 0 radical (unpaired) electrons. The Balaban J connectivity index is 1.95. The van der Waals surface area contributed by atoms with Crippen LogP contribution in [0.15, 0.2) is 28.8 Å². The summed E-state index contributed by atoms with van der Waals surface area (Å²) in [4.78, 5) is 14.5. The highest BCUT2D eigenvalue weighted by Gasteiger charge is 2.30. The zero-order chi connectivity index (χ0) is 15.5. The number of hydrogen-bond donors (Lipinski definition) is 0. The van der Waals surface area contributed by atoms with Crippen molar-refractivity contribution < 1.29 is 14.1 Å². The smallest absolute Gasteiger partial charge is 0.276 e. The highest BCUT2D eigenvalue weighted by molar-refractivity contribution is 5.95. The van der Waals surface area contributed by atoms with E-state index in [1.165, 1.54) is 0 Å². The molecule has 1 amide bonds. The molecular weight excluding hydrogens is 280 g/mol. The van der Waals surface area contributed by atoms with Gasteiger partial charge in [0.2, 0.25) is 0 Å². The van der Waals surface area contributed by atoms with Gasteiger partial charge in [0.05, 0.1) is 11.1 Å². The van der Waals surface area contributed by atoms with Gasteiger partial charge in [0.25, 0.3) is 5.91 Å². The molecule has 0 bridgehead atoms. The molecule has 1 aliphatic heterocycles. The first-order valence-electron chi connectivity index (χ1n) is 7.76. The third-order valence-electron chi connectivity index (χ3n) is 3.77. The summed E-state index contributed by atoms with van der Waals surface area (Å²) in [6.45, 7) is 5.90. The van der Waals surface area contributed by atoms with Gasteiger partial charge in [0, 0.05) is 13.1 Å². The second-order valence-electron chi connectivity index (χ2n) is 5.42. The van der Waals surface area contributed by atoms with Crippen molar-refractivity contribution in [1.82, 2.24) is 10.1 Å². The number of carbonyl (C=O) groups is 1. The Morgan fingerprint density at radius 1 is 1.23 bits per heavy atom. The number of nitrogens with zero attached hydrogens (tertiary/aromatic N) is 2. The second-order valence-corrected chi connectivity index (χ2v) is 5.42. The molecule has 5 heteroatoms. The molecule has 2 aromatic rings. The fraction of sp³-hybridized carbons (Fsp3) is 0.412. The third kappa shape index (κ3) is 2.47. The average molecular weight is 300 g/mol. The molecule has 1 aromatic carbocycles. The van der Waals surface area contributed by atoms with Crippen LogP contribution in [0.2, 0.25) is 0 Å². The summed E-state index contributed by atoms with van der Waals surface area (Å²) in [7, 11) is 0. The molecule has 0 N–H and O–H groups in total. The Morgan fingerprint density at radius 2 is 1.95 bits per heavy atom. The van der Waals surface area contributed by atoms with Crippen LogP contribution >= 0.6 is 0 Å². The lowest BCUT2D eigenvalue weighted by Gasteiger charge is -2.21. The third-order valence-corrected chi connectivity index (χ3v) is 3.77. The van der Waals surface area contributed by atoms with Crippen molar-refractivity contribution in [2.24, 2.45) is 0 Å². The predicted molar refractivity (Wildman–Crippen MR) is 82.8 cm³/mol. The lowest BCUT2D eigenvalue weighted by atomic mass is 10.0. The minimum absolute atomic E-state index is 0.0725. The van der Waals surface area contributed by atoms with E-state index in [1.54, 1.807) is 0 Å². The first kappa shape index (κ1) is 14.6. The monoisotopic (exact) mass is 300 g/mol. The van der Waals surface area contributed by atoms with Crippen molar-refractivity contribution in [3.05, 3.63) is 35.5 Å². The largest absolute Gasteiger partial charge is 0.488 e. The summed E-state index contributed by atoms with van der Waals surface area (Å²) in [5.41, 5.74) is 1.99. The van der Waals surface area contributed by atoms with E-state index in [-0.39, 0.29) is 5.91 Å². The maximum atomic E-state index is 12.7. The number of rotatable bonds is 5. The number of amides is 1. The van der Waals surface area contributed by atoms with E-state index in [0.717, 1.165) is 42.8 Å². The highest BCUT2D eigenvalue weighted by atomic mass is 16.5. The van der Waals surface area contributed by atoms with Gasteiger partial charge in [-0.15, -0.1) is 0 Å². The van der Waals surface area contributed by atoms with E-state index in [0.29, 0.717) is 18.1 Å². The van der Waals surface area contributed by atoms with E-state index in [1.807, 2.05) is 29.2 Å². The predicted octanol–water partition coefficient (Wildman–Crippen LogP) is 3.50. The van der Waals surface area contributed by atoms with Crippen LogP contribution in [0.25, 0.3) is 11.3 Å². The van der Waals surface area contributed by atoms with Crippen LogP contribution in [0.1, 0.15) is 42.7 Å². The Labute approximate surface area is 129 Å². The summed E-state index contributed by atoms with van der Waals surface area (Å²) in [6, 6.07) is 7.64. The molecule has 1 aromatic heterocycles. The Kier molecular flexibility index (Phi) is 4.13. The molecule has 1 aliphatic rings. The van der Waals surface area contributed by atoms with Crippen LogP contribution in [0, 0.1) is 0 Å². The SMILES string of the molecule is CCCN(CCC)C(=O)c1noc2c1COc1ccccc1-2. The fourth-order valence-corrected chi connectivity index (χ4v) is 2.76. The number of ether oxygens (including phenoxy) is 1. The Bertz CT molecular complexity index is 672. The number of carbonyl (C=O) groups excluding carboxylic acids is 1. The van der Waals surface area contributed by atoms with Crippen molar-refractivity contribution in [2.45, 2.75) is 33.3 Å². The van der Waals surface area contributed by atoms with Gasteiger partial charge >= 0.3 is 0 Å². The van der Waals surface area contributed by atoms with Gasteiger partial charge in [-0.2, -0.15) is 0 Å². The number of aromatic nitrogens is 1. The second kappa shape index (κ2) is 6.22. The van der Waals surface area contributed by atoms with Crippen molar-refractivity contribution in [2.75, 3.05) is 13.1 Å². The molecule has 0 saturated heterocycles. The maximum Gasteiger partial charge on any atom is 0.276 e. The van der Waals surface area contributed by atoms with Crippen molar-refractivity contribution in [3.63, 3.8) is 0 Å². The molecule has 2 heterocycles. The van der Waals surface area contributed by atoms with Gasteiger partial charge in [-0.1, -0.05) is 31.1 Å². The van der Waals surface area contributed by atoms with E-state index in [9.17, 15) is 4.79 Å². The molecule has 0 atom stereocenters. The molecule has 116 valence electrons. The van der Waals surface area contributed by atoms with Gasteiger partial charge in [-0.3, -0.25) is 4.79 Å². The summed E-state index contributed by atoms with van der Waals surface area (Å²) in [5.74, 6) is 1.35. The molecule has 0 fully saturated rings. The number of benzene rings is 1. The summed E-state index contributed by atoms with van der Waals surface area (Å²) < 4.78 is 11.2. The highest BCUT2D eigenvalue weighted by Crippen LogP contribution is 2.38. The van der Waals surface area contributed by atoms with Crippen molar-refractivity contribution in [3.8, 4) is 17.1 Å². The fourth-order valence-electron chi connectivity index (χ4n) is 2.76. The summed E-state index contributed by atoms with van der Waals surface area (Å²) in [5, 5.41) is 4.04. The van der Waals surface area contributed by atoms with Gasteiger partial charge < -0.3 is 14.2 Å². The van der Waals surface area contributed by atoms with E-state index in [4.69, 9.17) is 9.26 Å². The Hall–Kier alpha value is -2.30. The summed E-state index contributed by atoms with van der Waals surface area (Å²) in [6.07, 6.45) is 1.84. The molecule has 5 nitrogen and oxygen atoms in total. The zero-order valence-corrected chi connectivity index (χ0v) is 13.0. The van der Waals surface area contributed by atoms with Gasteiger partial charge in [-0.05, 0) is 25.0 Å². The number of fused-ring (bicyclic) bond motifs is 3. The number of hydrogen-bond acceptors (Lipinski definition) is 4. The quantitative estimate of drug-likeness (QED) is 0.848. The lowest BCUT2D eigenvalue weighted by Crippen LogP contribution is -2.33. The van der Waals surface area contributed by atoms with Crippen LogP contribution in [0.4, 0.5) is 0 Å². The van der Waals surface area contributed by atoms with Crippen LogP contribution in [0.5, 0.6) is 5.75 Å². The standard InChI is InChI=1S/C17H20N2O3/c1-3-9-19(10-4-2)17(20)15-13-11-21-14-8-6-5-7-12(14)16(13)22-18-15/h5-8H,3-4,9-11H2,1-2H3. The van der Waals surface area contributed by atoms with Crippen LogP contribution in [0.3, 0.4) is 0 Å². The van der Waals surface area contributed by atoms with Crippen LogP contribution in [-0.2, 0) is 6.61 Å². The lowest BCUT2D eigenvalue weighted by molar-refractivity contribution is 0.0743. The van der Waals surface area contributed by atoms with Gasteiger partial charge in [0.1, 0.15) is 12.4 Å². The van der Waals surface area contributed by atoms with Crippen molar-refractivity contribution >= 4 is 5.91 Å². The van der Waals surface area contributed by atoms with Crippen molar-refractivity contribution in [1.29, 1.82) is 0 Å². The molecule has 3 rings (SSSR count). The van der Waals surface area contributed by atoms with Gasteiger partial charge in [-0.25, -0.2) is 0 Å². The molecule has 0 spiro atoms. The topological polar surface area (TPSA) is 55.6 Å². The normalized spacial score (nSPS) is 12.3. The molecule has 0 aliphatic carbocycles.